The molecule has 0 atom stereocenters. The Kier molecular flexibility index (Phi) is 3.54. The molecule has 92 valence electrons. The predicted molar refractivity (Wildman–Crippen MR) is 74.2 cm³/mol. The average molecular weight is 269 g/mol. The van der Waals surface area contributed by atoms with Gasteiger partial charge >= 0.3 is 0 Å². The number of nitrogens with two attached hydrogens (primary N) is 1. The average Bonchev–Trinajstić information content (AvgIpc) is 2.80. The topological polar surface area (TPSA) is 60.2 Å². The molecule has 4 nitrogen and oxygen atoms in total. The van der Waals surface area contributed by atoms with Crippen LogP contribution in [0.5, 0.6) is 5.75 Å². The summed E-state index contributed by atoms with van der Waals surface area (Å²) in [4.78, 5) is 2.66. The van der Waals surface area contributed by atoms with Crippen molar-refractivity contribution in [2.75, 3.05) is 18.2 Å². The molecule has 0 radical (unpaired) electrons. The predicted octanol–water partition coefficient (Wildman–Crippen LogP) is 3.02. The van der Waals surface area contributed by atoms with Crippen LogP contribution in [-0.4, -0.2) is 11.5 Å². The summed E-state index contributed by atoms with van der Waals surface area (Å²) in [5, 5.41) is 4.19. The third-order valence-corrected chi connectivity index (χ3v) is 4.47. The number of methoxy groups -OCH3 is 1. The van der Waals surface area contributed by atoms with E-state index in [9.17, 15) is 0 Å². The molecule has 2 aromatic rings. The molecule has 0 aliphatic heterocycles. The van der Waals surface area contributed by atoms with Crippen molar-refractivity contribution >= 4 is 33.7 Å². The number of nitrogen functional groups attached to an aromatic ring is 1. The lowest BCUT2D eigenvalue weighted by atomic mass is 10.3. The van der Waals surface area contributed by atoms with Crippen molar-refractivity contribution in [1.29, 1.82) is 0 Å². The van der Waals surface area contributed by atoms with Crippen LogP contribution in [0.2, 0.25) is 0 Å². The Morgan fingerprint density at radius 2 is 2.24 bits per heavy atom. The van der Waals surface area contributed by atoms with Crippen LogP contribution in [0.4, 0.5) is 10.8 Å². The maximum atomic E-state index is 5.69. The number of nitrogens with zero attached hydrogens (tertiary/aromatic N) is 1. The maximum absolute atomic E-state index is 5.69. The lowest BCUT2D eigenvalue weighted by Crippen LogP contribution is -1.98. The fraction of sp³-hybridized carbons (Fsp3) is 0.364. The summed E-state index contributed by atoms with van der Waals surface area (Å²) >= 11 is 3.13. The smallest absolute Gasteiger partial charge is 0.197 e. The second-order valence-corrected chi connectivity index (χ2v) is 5.85. The summed E-state index contributed by atoms with van der Waals surface area (Å²) in [5.41, 5.74) is 7.02. The molecular weight excluding hydrogens is 254 g/mol. The van der Waals surface area contributed by atoms with E-state index >= 15 is 0 Å². The van der Waals surface area contributed by atoms with E-state index in [1.54, 1.807) is 18.4 Å². The lowest BCUT2D eigenvalue weighted by molar-refractivity contribution is 0.419. The van der Waals surface area contributed by atoms with Crippen molar-refractivity contribution in [3.05, 3.63) is 21.4 Å². The Morgan fingerprint density at radius 3 is 2.82 bits per heavy atom. The Balaban J connectivity index is 2.07. The molecule has 0 spiro atoms. The first-order valence-electron chi connectivity index (χ1n) is 5.20. The van der Waals surface area contributed by atoms with E-state index in [0.29, 0.717) is 11.6 Å². The number of anilines is 2. The summed E-state index contributed by atoms with van der Waals surface area (Å²) < 4.78 is 9.26. The van der Waals surface area contributed by atoms with E-state index in [-0.39, 0.29) is 0 Å². The largest absolute Gasteiger partial charge is 0.490 e. The molecule has 3 N–H and O–H groups in total. The summed E-state index contributed by atoms with van der Waals surface area (Å²) in [5.74, 6) is 1.08. The minimum absolute atomic E-state index is 0.443. The van der Waals surface area contributed by atoms with Crippen molar-refractivity contribution in [2.24, 2.45) is 0 Å². The van der Waals surface area contributed by atoms with E-state index < -0.39 is 0 Å². The number of nitrogens with one attached hydrogen (secondary N) is 1. The molecule has 2 rings (SSSR count). The number of hydrogen-bond acceptors (Lipinski definition) is 6. The second kappa shape index (κ2) is 4.93. The van der Waals surface area contributed by atoms with Gasteiger partial charge < -0.3 is 15.8 Å². The normalized spacial score (nSPS) is 10.5. The molecule has 0 saturated carbocycles. The molecule has 17 heavy (non-hydrogen) atoms. The van der Waals surface area contributed by atoms with Crippen LogP contribution in [0, 0.1) is 13.8 Å². The standard InChI is InChI=1S/C11H15N3OS2/c1-6-4-8(16-7(6)2)5-13-11-9(15-3)10(12)14-17-11/h4,13H,5H2,1-3H3,(H2,12,14). The quantitative estimate of drug-likeness (QED) is 0.895. The zero-order valence-electron chi connectivity index (χ0n) is 10.0. The van der Waals surface area contributed by atoms with Crippen LogP contribution in [-0.2, 0) is 6.54 Å². The molecular formula is C11H15N3OS2. The molecule has 0 unspecified atom stereocenters. The van der Waals surface area contributed by atoms with Gasteiger partial charge in [0.1, 0.15) is 0 Å². The third kappa shape index (κ3) is 2.53. The van der Waals surface area contributed by atoms with Crippen LogP contribution in [0.25, 0.3) is 0 Å². The van der Waals surface area contributed by atoms with Crippen LogP contribution >= 0.6 is 22.9 Å². The van der Waals surface area contributed by atoms with Crippen LogP contribution in [0.3, 0.4) is 0 Å². The van der Waals surface area contributed by atoms with Gasteiger partial charge in [0.2, 0.25) is 0 Å². The molecule has 0 saturated heterocycles. The highest BCUT2D eigenvalue weighted by molar-refractivity contribution is 7.12. The first kappa shape index (κ1) is 12.2. The van der Waals surface area contributed by atoms with Gasteiger partial charge in [-0.1, -0.05) is 0 Å². The fourth-order valence-corrected chi connectivity index (χ4v) is 3.18. The van der Waals surface area contributed by atoms with Gasteiger partial charge in [0.25, 0.3) is 0 Å². The van der Waals surface area contributed by atoms with Gasteiger partial charge in [-0.25, -0.2) is 0 Å². The molecule has 0 amide bonds. The molecule has 6 heteroatoms. The van der Waals surface area contributed by atoms with Gasteiger partial charge in [-0.3, -0.25) is 0 Å². The highest BCUT2D eigenvalue weighted by atomic mass is 32.1. The summed E-state index contributed by atoms with van der Waals surface area (Å²) in [6.07, 6.45) is 0. The molecule has 0 aliphatic rings. The molecule has 2 aromatic heterocycles. The monoisotopic (exact) mass is 269 g/mol. The minimum atomic E-state index is 0.443. The fourth-order valence-electron chi connectivity index (χ4n) is 1.51. The molecule has 0 bridgehead atoms. The van der Waals surface area contributed by atoms with Crippen molar-refractivity contribution in [3.8, 4) is 5.75 Å². The Hall–Kier alpha value is -1.27. The van der Waals surface area contributed by atoms with E-state index in [1.165, 1.54) is 26.9 Å². The van der Waals surface area contributed by atoms with Crippen LogP contribution in [0.1, 0.15) is 15.3 Å². The highest BCUT2D eigenvalue weighted by Crippen LogP contribution is 2.35. The number of thiophene rings is 1. The Morgan fingerprint density at radius 1 is 1.47 bits per heavy atom. The van der Waals surface area contributed by atoms with Gasteiger partial charge in [-0.15, -0.1) is 11.3 Å². The van der Waals surface area contributed by atoms with Gasteiger partial charge in [0, 0.05) is 9.75 Å². The number of aryl methyl sites for hydroxylation is 2. The zero-order valence-corrected chi connectivity index (χ0v) is 11.7. The van der Waals surface area contributed by atoms with Gasteiger partial charge in [0.05, 0.1) is 13.7 Å². The van der Waals surface area contributed by atoms with Gasteiger partial charge in [-0.05, 0) is 37.0 Å². The lowest BCUT2D eigenvalue weighted by Gasteiger charge is -2.04. The third-order valence-electron chi connectivity index (χ3n) is 2.52. The number of rotatable bonds is 4. The van der Waals surface area contributed by atoms with E-state index in [0.717, 1.165) is 11.5 Å². The maximum Gasteiger partial charge on any atom is 0.197 e. The molecule has 0 aromatic carbocycles. The SMILES string of the molecule is COc1c(N)nsc1NCc1cc(C)c(C)s1. The zero-order chi connectivity index (χ0) is 12.4. The van der Waals surface area contributed by atoms with Crippen LogP contribution in [0.15, 0.2) is 6.07 Å². The van der Waals surface area contributed by atoms with Crippen molar-refractivity contribution in [3.63, 3.8) is 0 Å². The summed E-state index contributed by atoms with van der Waals surface area (Å²) in [7, 11) is 1.60. The van der Waals surface area contributed by atoms with E-state index in [1.807, 2.05) is 0 Å². The van der Waals surface area contributed by atoms with E-state index in [4.69, 9.17) is 10.5 Å². The second-order valence-electron chi connectivity index (χ2n) is 3.74. The van der Waals surface area contributed by atoms with Gasteiger partial charge in [-0.2, -0.15) is 4.37 Å². The van der Waals surface area contributed by atoms with Crippen LogP contribution < -0.4 is 15.8 Å². The first-order chi connectivity index (χ1) is 8.11. The summed E-state index contributed by atoms with van der Waals surface area (Å²) in [6, 6.07) is 2.20. The van der Waals surface area contributed by atoms with Crippen molar-refractivity contribution in [1.82, 2.24) is 4.37 Å². The number of aromatic nitrogens is 1. The Bertz CT molecular complexity index is 499. The first-order valence-corrected chi connectivity index (χ1v) is 6.79. The highest BCUT2D eigenvalue weighted by Gasteiger charge is 2.11. The molecule has 0 aliphatic carbocycles. The number of hydrogen-bond donors (Lipinski definition) is 2. The van der Waals surface area contributed by atoms with Crippen molar-refractivity contribution in [2.45, 2.75) is 20.4 Å². The number of ether oxygens (including phenoxy) is 1. The van der Waals surface area contributed by atoms with Crippen molar-refractivity contribution < 1.29 is 4.74 Å². The minimum Gasteiger partial charge on any atom is -0.490 e. The van der Waals surface area contributed by atoms with Gasteiger partial charge in [0.15, 0.2) is 16.6 Å². The molecule has 0 fully saturated rings. The summed E-state index contributed by atoms with van der Waals surface area (Å²) in [6.45, 7) is 5.03. The Labute approximate surface area is 109 Å². The molecule has 2 heterocycles. The van der Waals surface area contributed by atoms with E-state index in [2.05, 4.69) is 29.6 Å².